The van der Waals surface area contributed by atoms with Gasteiger partial charge in [-0.2, -0.15) is 0 Å². The van der Waals surface area contributed by atoms with Crippen LogP contribution in [0.3, 0.4) is 0 Å². The topological polar surface area (TPSA) is 42.4 Å². The molecule has 0 fully saturated rings. The van der Waals surface area contributed by atoms with Crippen molar-refractivity contribution in [2.45, 2.75) is 6.42 Å². The zero-order valence-corrected chi connectivity index (χ0v) is 16.0. The smallest absolute Gasteiger partial charge is 0.228 e. The number of thiazole rings is 1. The predicted octanol–water partition coefficient (Wildman–Crippen LogP) is 4.54. The van der Waals surface area contributed by atoms with Gasteiger partial charge in [-0.1, -0.05) is 54.1 Å². The van der Waals surface area contributed by atoms with Gasteiger partial charge in [0.25, 0.3) is 0 Å². The Balaban J connectivity index is 1.50. The van der Waals surface area contributed by atoms with Crippen LogP contribution in [0.25, 0.3) is 10.6 Å². The average Bonchev–Trinajstić information content (AvgIpc) is 3.12. The Labute approximate surface area is 162 Å². The molecule has 26 heavy (non-hydrogen) atoms. The van der Waals surface area contributed by atoms with E-state index in [1.165, 1.54) is 0 Å². The molecular weight excluding hydrogens is 368 g/mol. The van der Waals surface area contributed by atoms with Crippen LogP contribution in [0.15, 0.2) is 60.0 Å². The summed E-state index contributed by atoms with van der Waals surface area (Å²) < 4.78 is 5.63. The second kappa shape index (κ2) is 8.83. The summed E-state index contributed by atoms with van der Waals surface area (Å²) in [5, 5.41) is 3.43. The minimum atomic E-state index is 0.0117. The number of halogens is 1. The van der Waals surface area contributed by atoms with Gasteiger partial charge < -0.3 is 9.64 Å². The monoisotopic (exact) mass is 386 g/mol. The first kappa shape index (κ1) is 18.4. The first-order chi connectivity index (χ1) is 12.6. The standard InChI is InChI=1S/C20H19ClN2O2S/c1-23(11-12-25-18-10-6-5-9-17(18)21)19(24)13-16-14-26-20(22-16)15-7-3-2-4-8-15/h2-10,14H,11-13H2,1H3. The molecule has 0 aliphatic rings. The molecule has 0 N–H and O–H groups in total. The molecule has 4 nitrogen and oxygen atoms in total. The fraction of sp³-hybridized carbons (Fsp3) is 0.200. The summed E-state index contributed by atoms with van der Waals surface area (Å²) in [7, 11) is 1.77. The van der Waals surface area contributed by atoms with Gasteiger partial charge in [0.1, 0.15) is 17.4 Å². The summed E-state index contributed by atoms with van der Waals surface area (Å²) in [4.78, 5) is 18.6. The molecular formula is C20H19ClN2O2S. The van der Waals surface area contributed by atoms with Gasteiger partial charge in [0.2, 0.25) is 5.91 Å². The number of rotatable bonds is 7. The molecule has 2 aromatic carbocycles. The van der Waals surface area contributed by atoms with Gasteiger partial charge in [-0.25, -0.2) is 4.98 Å². The third kappa shape index (κ3) is 4.84. The summed E-state index contributed by atoms with van der Waals surface area (Å²) in [6.07, 6.45) is 0.284. The summed E-state index contributed by atoms with van der Waals surface area (Å²) in [5.41, 5.74) is 1.86. The van der Waals surface area contributed by atoms with E-state index in [1.807, 2.05) is 53.9 Å². The van der Waals surface area contributed by atoms with Crippen LogP contribution in [0.2, 0.25) is 5.02 Å². The molecule has 0 spiro atoms. The maximum absolute atomic E-state index is 12.4. The minimum Gasteiger partial charge on any atom is -0.490 e. The lowest BCUT2D eigenvalue weighted by Gasteiger charge is -2.17. The number of benzene rings is 2. The van der Waals surface area contributed by atoms with Crippen LogP contribution in [-0.4, -0.2) is 36.0 Å². The summed E-state index contributed by atoms with van der Waals surface area (Å²) >= 11 is 7.60. The maximum atomic E-state index is 12.4. The predicted molar refractivity (Wildman–Crippen MR) is 106 cm³/mol. The fourth-order valence-electron chi connectivity index (χ4n) is 2.37. The Hall–Kier alpha value is -2.37. The molecule has 0 bridgehead atoms. The van der Waals surface area contributed by atoms with Gasteiger partial charge in [0.05, 0.1) is 23.7 Å². The first-order valence-corrected chi connectivity index (χ1v) is 9.50. The van der Waals surface area contributed by atoms with Gasteiger partial charge in [0, 0.05) is 18.0 Å². The number of hydrogen-bond acceptors (Lipinski definition) is 4. The van der Waals surface area contributed by atoms with Crippen LogP contribution in [0, 0.1) is 0 Å². The highest BCUT2D eigenvalue weighted by atomic mass is 35.5. The van der Waals surface area contributed by atoms with E-state index in [0.717, 1.165) is 16.3 Å². The minimum absolute atomic E-state index is 0.0117. The lowest BCUT2D eigenvalue weighted by Crippen LogP contribution is -2.32. The van der Waals surface area contributed by atoms with E-state index in [0.29, 0.717) is 23.9 Å². The van der Waals surface area contributed by atoms with Crippen LogP contribution in [0.4, 0.5) is 0 Å². The Morgan fingerprint density at radius 2 is 1.88 bits per heavy atom. The molecule has 3 aromatic rings. The zero-order valence-electron chi connectivity index (χ0n) is 14.4. The van der Waals surface area contributed by atoms with Gasteiger partial charge >= 0.3 is 0 Å². The van der Waals surface area contributed by atoms with Crippen molar-refractivity contribution in [3.05, 3.63) is 70.7 Å². The highest BCUT2D eigenvalue weighted by molar-refractivity contribution is 7.13. The number of ether oxygens (including phenoxy) is 1. The van der Waals surface area contributed by atoms with Crippen LogP contribution in [0.1, 0.15) is 5.69 Å². The molecule has 0 atom stereocenters. The van der Waals surface area contributed by atoms with E-state index in [9.17, 15) is 4.79 Å². The summed E-state index contributed by atoms with van der Waals surface area (Å²) in [6.45, 7) is 0.873. The molecule has 134 valence electrons. The highest BCUT2D eigenvalue weighted by Crippen LogP contribution is 2.24. The Bertz CT molecular complexity index is 867. The number of aromatic nitrogens is 1. The fourth-order valence-corrected chi connectivity index (χ4v) is 3.39. The van der Waals surface area contributed by atoms with E-state index in [4.69, 9.17) is 16.3 Å². The number of likely N-dealkylation sites (N-methyl/N-ethyl adjacent to an activating group) is 1. The quantitative estimate of drug-likeness (QED) is 0.598. The highest BCUT2D eigenvalue weighted by Gasteiger charge is 2.13. The molecule has 0 unspecified atom stereocenters. The number of carbonyl (C=O) groups excluding carboxylic acids is 1. The van der Waals surface area contributed by atoms with E-state index in [2.05, 4.69) is 4.98 Å². The molecule has 1 amide bonds. The SMILES string of the molecule is CN(CCOc1ccccc1Cl)C(=O)Cc1csc(-c2ccccc2)n1. The van der Waals surface area contributed by atoms with Gasteiger partial charge in [-0.3, -0.25) is 4.79 Å². The Kier molecular flexibility index (Phi) is 6.26. The van der Waals surface area contributed by atoms with E-state index in [-0.39, 0.29) is 12.3 Å². The Morgan fingerprint density at radius 1 is 1.15 bits per heavy atom. The van der Waals surface area contributed by atoms with E-state index < -0.39 is 0 Å². The normalized spacial score (nSPS) is 10.5. The van der Waals surface area contributed by atoms with Crippen molar-refractivity contribution in [3.8, 4) is 16.3 Å². The molecule has 0 aliphatic heterocycles. The molecule has 0 radical (unpaired) electrons. The van der Waals surface area contributed by atoms with Crippen LogP contribution < -0.4 is 4.74 Å². The van der Waals surface area contributed by atoms with Crippen LogP contribution in [-0.2, 0) is 11.2 Å². The molecule has 1 aromatic heterocycles. The van der Waals surface area contributed by atoms with Crippen molar-refractivity contribution >= 4 is 28.8 Å². The number of hydrogen-bond donors (Lipinski definition) is 0. The van der Waals surface area contributed by atoms with Crippen LogP contribution >= 0.6 is 22.9 Å². The van der Waals surface area contributed by atoms with Crippen molar-refractivity contribution in [2.24, 2.45) is 0 Å². The van der Waals surface area contributed by atoms with Crippen LogP contribution in [0.5, 0.6) is 5.75 Å². The van der Waals surface area contributed by atoms with Crippen molar-refractivity contribution < 1.29 is 9.53 Å². The second-order valence-corrected chi connectivity index (χ2v) is 7.05. The van der Waals surface area contributed by atoms with Gasteiger partial charge in [0.15, 0.2) is 0 Å². The molecule has 0 saturated heterocycles. The molecule has 0 aliphatic carbocycles. The summed E-state index contributed by atoms with van der Waals surface area (Å²) in [5.74, 6) is 0.639. The molecule has 1 heterocycles. The van der Waals surface area contributed by atoms with Gasteiger partial charge in [-0.05, 0) is 12.1 Å². The van der Waals surface area contributed by atoms with Crippen molar-refractivity contribution in [2.75, 3.05) is 20.2 Å². The van der Waals surface area contributed by atoms with Crippen molar-refractivity contribution in [1.29, 1.82) is 0 Å². The van der Waals surface area contributed by atoms with Crippen molar-refractivity contribution in [1.82, 2.24) is 9.88 Å². The lowest BCUT2D eigenvalue weighted by atomic mass is 10.2. The Morgan fingerprint density at radius 3 is 2.65 bits per heavy atom. The molecule has 3 rings (SSSR count). The molecule has 0 saturated carbocycles. The maximum Gasteiger partial charge on any atom is 0.228 e. The van der Waals surface area contributed by atoms with E-state index >= 15 is 0 Å². The second-order valence-electron chi connectivity index (χ2n) is 5.78. The number of nitrogens with zero attached hydrogens (tertiary/aromatic N) is 2. The molecule has 6 heteroatoms. The zero-order chi connectivity index (χ0) is 18.4. The largest absolute Gasteiger partial charge is 0.490 e. The van der Waals surface area contributed by atoms with E-state index in [1.54, 1.807) is 29.4 Å². The van der Waals surface area contributed by atoms with Crippen molar-refractivity contribution in [3.63, 3.8) is 0 Å². The lowest BCUT2D eigenvalue weighted by molar-refractivity contribution is -0.129. The number of carbonyl (C=O) groups is 1. The average molecular weight is 387 g/mol. The first-order valence-electron chi connectivity index (χ1n) is 8.24. The number of amides is 1. The third-order valence-corrected chi connectivity index (χ3v) is 5.10. The van der Waals surface area contributed by atoms with Gasteiger partial charge in [-0.15, -0.1) is 11.3 Å². The third-order valence-electron chi connectivity index (χ3n) is 3.85. The summed E-state index contributed by atoms with van der Waals surface area (Å²) in [6, 6.07) is 17.3. The number of para-hydroxylation sites is 1.